The highest BCUT2D eigenvalue weighted by atomic mass is 35.5. The zero-order valence-corrected chi connectivity index (χ0v) is 11.9. The van der Waals surface area contributed by atoms with Gasteiger partial charge in [0.1, 0.15) is 5.75 Å². The first kappa shape index (κ1) is 14.2. The maximum absolute atomic E-state index is 8.94. The van der Waals surface area contributed by atoms with Crippen LogP contribution in [0.3, 0.4) is 0 Å². The second-order valence-corrected chi connectivity index (χ2v) is 5.01. The van der Waals surface area contributed by atoms with Gasteiger partial charge in [0.2, 0.25) is 0 Å². The molecule has 1 saturated heterocycles. The normalized spacial score (nSPS) is 16.7. The predicted octanol–water partition coefficient (Wildman–Crippen LogP) is 1.05. The number of hydrogen-bond acceptors (Lipinski definition) is 5. The second-order valence-electron chi connectivity index (χ2n) is 4.60. The molecule has 0 atom stereocenters. The first-order valence-electron chi connectivity index (χ1n) is 6.37. The van der Waals surface area contributed by atoms with E-state index in [1.807, 2.05) is 6.07 Å². The third-order valence-electron chi connectivity index (χ3n) is 3.43. The van der Waals surface area contributed by atoms with Gasteiger partial charge in [0.25, 0.3) is 0 Å². The Labute approximate surface area is 118 Å². The molecule has 0 amide bonds. The lowest BCUT2D eigenvalue weighted by molar-refractivity contribution is 0.189. The summed E-state index contributed by atoms with van der Waals surface area (Å²) < 4.78 is 5.24. The Bertz CT molecular complexity index is 434. The SMILES string of the molecule is COc1cc(N2CCN(CCO)CC2)c(Cl)cc1N. The number of anilines is 2. The summed E-state index contributed by atoms with van der Waals surface area (Å²) in [5, 5.41) is 9.58. The number of aliphatic hydroxyl groups is 1. The number of ether oxygens (including phenoxy) is 1. The van der Waals surface area contributed by atoms with Crippen LogP contribution in [0.5, 0.6) is 5.75 Å². The van der Waals surface area contributed by atoms with Crippen LogP contribution in [-0.4, -0.2) is 56.4 Å². The molecular weight excluding hydrogens is 266 g/mol. The van der Waals surface area contributed by atoms with Crippen LogP contribution in [0.2, 0.25) is 5.02 Å². The number of rotatable bonds is 4. The molecular formula is C13H20ClN3O2. The number of piperazine rings is 1. The van der Waals surface area contributed by atoms with Gasteiger partial charge in [0, 0.05) is 38.8 Å². The Morgan fingerprint density at radius 2 is 2.00 bits per heavy atom. The maximum Gasteiger partial charge on any atom is 0.143 e. The average Bonchev–Trinajstić information content (AvgIpc) is 2.41. The van der Waals surface area contributed by atoms with Crippen molar-refractivity contribution in [1.82, 2.24) is 4.90 Å². The quantitative estimate of drug-likeness (QED) is 0.810. The first-order chi connectivity index (χ1) is 9.15. The summed E-state index contributed by atoms with van der Waals surface area (Å²) in [7, 11) is 1.60. The minimum Gasteiger partial charge on any atom is -0.495 e. The van der Waals surface area contributed by atoms with E-state index in [9.17, 15) is 0 Å². The standard InChI is InChI=1S/C13H20ClN3O2/c1-19-13-9-12(10(14)8-11(13)15)17-4-2-16(3-5-17)6-7-18/h8-9,18H,2-7,15H2,1H3. The molecule has 1 heterocycles. The van der Waals surface area contributed by atoms with Gasteiger partial charge in [-0.05, 0) is 6.07 Å². The number of nitrogens with two attached hydrogens (primary N) is 1. The molecule has 1 aliphatic rings. The highest BCUT2D eigenvalue weighted by molar-refractivity contribution is 6.33. The van der Waals surface area contributed by atoms with Crippen molar-refractivity contribution in [3.05, 3.63) is 17.2 Å². The molecule has 0 aromatic heterocycles. The van der Waals surface area contributed by atoms with Crippen LogP contribution in [0.4, 0.5) is 11.4 Å². The van der Waals surface area contributed by atoms with Gasteiger partial charge in [0.05, 0.1) is 30.1 Å². The lowest BCUT2D eigenvalue weighted by Crippen LogP contribution is -2.47. The van der Waals surface area contributed by atoms with E-state index in [-0.39, 0.29) is 6.61 Å². The molecule has 1 aliphatic heterocycles. The lowest BCUT2D eigenvalue weighted by Gasteiger charge is -2.36. The highest BCUT2D eigenvalue weighted by Gasteiger charge is 2.19. The Morgan fingerprint density at radius 1 is 1.32 bits per heavy atom. The molecule has 0 unspecified atom stereocenters. The third-order valence-corrected chi connectivity index (χ3v) is 3.73. The summed E-state index contributed by atoms with van der Waals surface area (Å²) in [6.07, 6.45) is 0. The Morgan fingerprint density at radius 3 is 2.58 bits per heavy atom. The fraction of sp³-hybridized carbons (Fsp3) is 0.538. The van der Waals surface area contributed by atoms with E-state index in [4.69, 9.17) is 27.2 Å². The summed E-state index contributed by atoms with van der Waals surface area (Å²) in [6, 6.07) is 3.62. The molecule has 0 spiro atoms. The highest BCUT2D eigenvalue weighted by Crippen LogP contribution is 2.35. The van der Waals surface area contributed by atoms with Crippen LogP contribution < -0.4 is 15.4 Å². The molecule has 2 rings (SSSR count). The zero-order chi connectivity index (χ0) is 13.8. The number of nitrogen functional groups attached to an aromatic ring is 1. The van der Waals surface area contributed by atoms with Gasteiger partial charge in [-0.15, -0.1) is 0 Å². The van der Waals surface area contributed by atoms with E-state index < -0.39 is 0 Å². The Balaban J connectivity index is 2.11. The number of halogens is 1. The number of benzene rings is 1. The number of β-amino-alcohol motifs (C(OH)–C–C–N with tert-alkyl or cyclic N) is 1. The van der Waals surface area contributed by atoms with Crippen molar-refractivity contribution in [2.75, 3.05) is 57.1 Å². The van der Waals surface area contributed by atoms with E-state index >= 15 is 0 Å². The minimum absolute atomic E-state index is 0.205. The molecule has 6 heteroatoms. The molecule has 3 N–H and O–H groups in total. The van der Waals surface area contributed by atoms with Crippen LogP contribution >= 0.6 is 11.6 Å². The number of aliphatic hydroxyl groups excluding tert-OH is 1. The van der Waals surface area contributed by atoms with Gasteiger partial charge < -0.3 is 20.5 Å². The topological polar surface area (TPSA) is 62.0 Å². The van der Waals surface area contributed by atoms with Crippen molar-refractivity contribution in [3.63, 3.8) is 0 Å². The molecule has 0 aliphatic carbocycles. The summed E-state index contributed by atoms with van der Waals surface area (Å²) >= 11 is 6.26. The third kappa shape index (κ3) is 3.23. The van der Waals surface area contributed by atoms with Crippen LogP contribution in [0.1, 0.15) is 0 Å². The molecule has 5 nitrogen and oxygen atoms in total. The average molecular weight is 286 g/mol. The lowest BCUT2D eigenvalue weighted by atomic mass is 10.2. The second kappa shape index (κ2) is 6.32. The first-order valence-corrected chi connectivity index (χ1v) is 6.74. The maximum atomic E-state index is 8.94. The minimum atomic E-state index is 0.205. The van der Waals surface area contributed by atoms with Gasteiger partial charge in [-0.25, -0.2) is 0 Å². The van der Waals surface area contributed by atoms with E-state index in [1.165, 1.54) is 0 Å². The van der Waals surface area contributed by atoms with Crippen molar-refractivity contribution < 1.29 is 9.84 Å². The monoisotopic (exact) mass is 285 g/mol. The summed E-state index contributed by atoms with van der Waals surface area (Å²) in [5.74, 6) is 0.650. The summed E-state index contributed by atoms with van der Waals surface area (Å²) in [6.45, 7) is 4.54. The van der Waals surface area contributed by atoms with Gasteiger partial charge >= 0.3 is 0 Å². The molecule has 1 fully saturated rings. The molecule has 0 saturated carbocycles. The van der Waals surface area contributed by atoms with Gasteiger partial charge in [0.15, 0.2) is 0 Å². The largest absolute Gasteiger partial charge is 0.495 e. The summed E-state index contributed by atoms with van der Waals surface area (Å²) in [5.41, 5.74) is 7.33. The zero-order valence-electron chi connectivity index (χ0n) is 11.1. The molecule has 0 bridgehead atoms. The van der Waals surface area contributed by atoms with Crippen molar-refractivity contribution in [2.45, 2.75) is 0 Å². The van der Waals surface area contributed by atoms with E-state index in [0.29, 0.717) is 16.5 Å². The van der Waals surface area contributed by atoms with Gasteiger partial charge in [-0.2, -0.15) is 0 Å². The smallest absolute Gasteiger partial charge is 0.143 e. The predicted molar refractivity (Wildman–Crippen MR) is 78.2 cm³/mol. The van der Waals surface area contributed by atoms with Crippen LogP contribution in [0.15, 0.2) is 12.1 Å². The number of nitrogens with zero attached hydrogens (tertiary/aromatic N) is 2. The van der Waals surface area contributed by atoms with E-state index in [2.05, 4.69) is 9.80 Å². The molecule has 19 heavy (non-hydrogen) atoms. The van der Waals surface area contributed by atoms with Gasteiger partial charge in [-0.3, -0.25) is 4.90 Å². The molecule has 1 aromatic carbocycles. The van der Waals surface area contributed by atoms with Crippen LogP contribution in [0.25, 0.3) is 0 Å². The van der Waals surface area contributed by atoms with Crippen molar-refractivity contribution >= 4 is 23.0 Å². The van der Waals surface area contributed by atoms with Crippen molar-refractivity contribution in [3.8, 4) is 5.75 Å². The molecule has 106 valence electrons. The van der Waals surface area contributed by atoms with E-state index in [0.717, 1.165) is 38.4 Å². The fourth-order valence-electron chi connectivity index (χ4n) is 2.33. The fourth-order valence-corrected chi connectivity index (χ4v) is 2.62. The number of hydrogen-bond donors (Lipinski definition) is 2. The van der Waals surface area contributed by atoms with Crippen LogP contribution in [0, 0.1) is 0 Å². The Hall–Kier alpha value is -1.17. The van der Waals surface area contributed by atoms with Crippen LogP contribution in [-0.2, 0) is 0 Å². The van der Waals surface area contributed by atoms with Gasteiger partial charge in [-0.1, -0.05) is 11.6 Å². The molecule has 0 radical (unpaired) electrons. The number of methoxy groups -OCH3 is 1. The van der Waals surface area contributed by atoms with E-state index in [1.54, 1.807) is 13.2 Å². The molecule has 1 aromatic rings. The van der Waals surface area contributed by atoms with Crippen molar-refractivity contribution in [2.24, 2.45) is 0 Å². The summed E-state index contributed by atoms with van der Waals surface area (Å²) in [4.78, 5) is 4.46. The Kier molecular flexibility index (Phi) is 4.74. The van der Waals surface area contributed by atoms with Crippen molar-refractivity contribution in [1.29, 1.82) is 0 Å².